The summed E-state index contributed by atoms with van der Waals surface area (Å²) in [7, 11) is 1.59. The lowest BCUT2D eigenvalue weighted by Gasteiger charge is -2.08. The fourth-order valence-electron chi connectivity index (χ4n) is 2.85. The predicted octanol–water partition coefficient (Wildman–Crippen LogP) is 2.61. The van der Waals surface area contributed by atoms with Gasteiger partial charge in [0.1, 0.15) is 11.3 Å². The van der Waals surface area contributed by atoms with Gasteiger partial charge in [-0.25, -0.2) is 0 Å². The molecule has 2 heterocycles. The maximum Gasteiger partial charge on any atom is 0.253 e. The summed E-state index contributed by atoms with van der Waals surface area (Å²) in [5.74, 6) is 0.532. The van der Waals surface area contributed by atoms with Crippen molar-refractivity contribution in [2.24, 2.45) is 0 Å². The summed E-state index contributed by atoms with van der Waals surface area (Å²) in [4.78, 5) is 27.0. The Morgan fingerprint density at radius 3 is 2.80 bits per heavy atom. The van der Waals surface area contributed by atoms with E-state index < -0.39 is 0 Å². The molecule has 130 valence electrons. The third-order valence-corrected chi connectivity index (χ3v) is 4.17. The fraction of sp³-hybridized carbons (Fsp3) is 0.263. The van der Waals surface area contributed by atoms with Crippen LogP contribution in [0.2, 0.25) is 0 Å². The van der Waals surface area contributed by atoms with E-state index in [0.717, 1.165) is 22.2 Å². The summed E-state index contributed by atoms with van der Waals surface area (Å²) in [5, 5.41) is 3.68. The number of carbonyl (C=O) groups is 1. The molecule has 1 aromatic carbocycles. The summed E-state index contributed by atoms with van der Waals surface area (Å²) < 4.78 is 10.7. The van der Waals surface area contributed by atoms with Crippen molar-refractivity contribution in [3.8, 4) is 5.75 Å². The second-order valence-corrected chi connectivity index (χ2v) is 6.02. The predicted molar refractivity (Wildman–Crippen MR) is 94.9 cm³/mol. The number of furan rings is 1. The number of aryl methyl sites for hydroxylation is 2. The number of aromatic amines is 1. The van der Waals surface area contributed by atoms with Gasteiger partial charge in [0.25, 0.3) is 5.56 Å². The highest BCUT2D eigenvalue weighted by atomic mass is 16.5. The molecule has 0 aliphatic heterocycles. The number of amides is 1. The molecule has 0 spiro atoms. The zero-order chi connectivity index (χ0) is 18.0. The minimum absolute atomic E-state index is 0.168. The van der Waals surface area contributed by atoms with Crippen molar-refractivity contribution >= 4 is 16.9 Å². The van der Waals surface area contributed by atoms with Crippen molar-refractivity contribution in [1.82, 2.24) is 10.3 Å². The molecule has 0 bridgehead atoms. The van der Waals surface area contributed by atoms with Crippen molar-refractivity contribution in [2.75, 3.05) is 7.11 Å². The molecule has 6 heteroatoms. The Balaban J connectivity index is 1.70. The van der Waals surface area contributed by atoms with Gasteiger partial charge >= 0.3 is 0 Å². The van der Waals surface area contributed by atoms with Crippen LogP contribution >= 0.6 is 0 Å². The van der Waals surface area contributed by atoms with Gasteiger partial charge in [0, 0.05) is 34.8 Å². The smallest absolute Gasteiger partial charge is 0.253 e. The standard InChI is InChI=1S/C19H20N2O4/c1-11-6-12(2)21-19(23)16(11)9-20-18(22)7-13-10-25-17-8-14(24-3)4-5-15(13)17/h4-6,8,10H,7,9H2,1-3H3,(H,20,22)(H,21,23). The van der Waals surface area contributed by atoms with Crippen LogP contribution in [-0.4, -0.2) is 18.0 Å². The Labute approximate surface area is 144 Å². The number of benzene rings is 1. The summed E-state index contributed by atoms with van der Waals surface area (Å²) in [6.45, 7) is 3.89. The number of methoxy groups -OCH3 is 1. The molecular formula is C19H20N2O4. The molecule has 0 saturated heterocycles. The number of hydrogen-bond donors (Lipinski definition) is 2. The van der Waals surface area contributed by atoms with Crippen molar-refractivity contribution in [1.29, 1.82) is 0 Å². The number of pyridine rings is 1. The van der Waals surface area contributed by atoms with E-state index in [0.29, 0.717) is 16.9 Å². The Morgan fingerprint density at radius 1 is 1.28 bits per heavy atom. The maximum absolute atomic E-state index is 12.3. The first-order valence-electron chi connectivity index (χ1n) is 7.98. The molecule has 0 unspecified atom stereocenters. The third-order valence-electron chi connectivity index (χ3n) is 4.17. The molecule has 25 heavy (non-hydrogen) atoms. The number of aromatic nitrogens is 1. The molecule has 3 aromatic rings. The molecular weight excluding hydrogens is 320 g/mol. The van der Waals surface area contributed by atoms with E-state index in [2.05, 4.69) is 10.3 Å². The van der Waals surface area contributed by atoms with Crippen LogP contribution in [0.15, 0.2) is 39.7 Å². The number of nitrogens with one attached hydrogen (secondary N) is 2. The Morgan fingerprint density at radius 2 is 2.08 bits per heavy atom. The highest BCUT2D eigenvalue weighted by Gasteiger charge is 2.12. The minimum atomic E-state index is -0.169. The van der Waals surface area contributed by atoms with Gasteiger partial charge < -0.3 is 19.5 Å². The van der Waals surface area contributed by atoms with Crippen LogP contribution in [0.25, 0.3) is 11.0 Å². The van der Waals surface area contributed by atoms with Crippen molar-refractivity contribution in [2.45, 2.75) is 26.8 Å². The highest BCUT2D eigenvalue weighted by Crippen LogP contribution is 2.25. The van der Waals surface area contributed by atoms with Crippen LogP contribution in [0.4, 0.5) is 0 Å². The van der Waals surface area contributed by atoms with Gasteiger partial charge in [-0.05, 0) is 37.6 Å². The summed E-state index contributed by atoms with van der Waals surface area (Å²) in [6, 6.07) is 7.37. The number of rotatable bonds is 5. The molecule has 2 N–H and O–H groups in total. The Kier molecular flexibility index (Phi) is 4.61. The first-order valence-corrected chi connectivity index (χ1v) is 7.98. The fourth-order valence-corrected chi connectivity index (χ4v) is 2.85. The van der Waals surface area contributed by atoms with Gasteiger partial charge in [-0.3, -0.25) is 9.59 Å². The molecule has 0 saturated carbocycles. The molecule has 0 aliphatic rings. The monoisotopic (exact) mass is 340 g/mol. The quantitative estimate of drug-likeness (QED) is 0.748. The zero-order valence-electron chi connectivity index (χ0n) is 14.4. The van der Waals surface area contributed by atoms with Crippen molar-refractivity contribution < 1.29 is 13.9 Å². The van der Waals surface area contributed by atoms with E-state index in [-0.39, 0.29) is 24.4 Å². The maximum atomic E-state index is 12.3. The molecule has 1 amide bonds. The third kappa shape index (κ3) is 3.57. The van der Waals surface area contributed by atoms with Gasteiger partial charge in [0.05, 0.1) is 19.8 Å². The van der Waals surface area contributed by atoms with Gasteiger partial charge in [0.15, 0.2) is 0 Å². The molecule has 3 rings (SSSR count). The second-order valence-electron chi connectivity index (χ2n) is 6.02. The highest BCUT2D eigenvalue weighted by molar-refractivity contribution is 5.88. The van der Waals surface area contributed by atoms with E-state index in [1.807, 2.05) is 32.0 Å². The zero-order valence-corrected chi connectivity index (χ0v) is 14.4. The molecule has 6 nitrogen and oxygen atoms in total. The molecule has 0 fully saturated rings. The number of carbonyl (C=O) groups excluding carboxylic acids is 1. The molecule has 2 aromatic heterocycles. The van der Waals surface area contributed by atoms with Crippen LogP contribution in [0.5, 0.6) is 5.75 Å². The number of hydrogen-bond acceptors (Lipinski definition) is 4. The van der Waals surface area contributed by atoms with Gasteiger partial charge in [-0.15, -0.1) is 0 Å². The summed E-state index contributed by atoms with van der Waals surface area (Å²) in [6.07, 6.45) is 1.76. The first-order chi connectivity index (χ1) is 12.0. The average Bonchev–Trinajstić information content (AvgIpc) is 2.95. The second kappa shape index (κ2) is 6.84. The lowest BCUT2D eigenvalue weighted by Crippen LogP contribution is -2.28. The van der Waals surface area contributed by atoms with Crippen LogP contribution in [0.3, 0.4) is 0 Å². The summed E-state index contributed by atoms with van der Waals surface area (Å²) >= 11 is 0. The van der Waals surface area contributed by atoms with Crippen LogP contribution < -0.4 is 15.6 Å². The molecule has 0 atom stereocenters. The van der Waals surface area contributed by atoms with Crippen LogP contribution in [0, 0.1) is 13.8 Å². The van der Waals surface area contributed by atoms with E-state index in [9.17, 15) is 9.59 Å². The Bertz CT molecular complexity index is 985. The molecule has 0 aliphatic carbocycles. The van der Waals surface area contributed by atoms with Crippen LogP contribution in [0.1, 0.15) is 22.4 Å². The first kappa shape index (κ1) is 16.8. The number of H-pyrrole nitrogens is 1. The average molecular weight is 340 g/mol. The normalized spacial score (nSPS) is 10.8. The lowest BCUT2D eigenvalue weighted by molar-refractivity contribution is -0.120. The van der Waals surface area contributed by atoms with Crippen molar-refractivity contribution in [3.63, 3.8) is 0 Å². The lowest BCUT2D eigenvalue weighted by atomic mass is 10.1. The minimum Gasteiger partial charge on any atom is -0.497 e. The van der Waals surface area contributed by atoms with E-state index in [1.165, 1.54) is 0 Å². The molecule has 0 radical (unpaired) electrons. The van der Waals surface area contributed by atoms with E-state index >= 15 is 0 Å². The largest absolute Gasteiger partial charge is 0.497 e. The van der Waals surface area contributed by atoms with Gasteiger partial charge in [0.2, 0.25) is 5.91 Å². The summed E-state index contributed by atoms with van der Waals surface area (Å²) in [5.41, 5.74) is 3.54. The van der Waals surface area contributed by atoms with E-state index in [1.54, 1.807) is 19.4 Å². The van der Waals surface area contributed by atoms with E-state index in [4.69, 9.17) is 9.15 Å². The van der Waals surface area contributed by atoms with Gasteiger partial charge in [-0.1, -0.05) is 0 Å². The van der Waals surface area contributed by atoms with Crippen LogP contribution in [-0.2, 0) is 17.8 Å². The topological polar surface area (TPSA) is 84.3 Å². The number of ether oxygens (including phenoxy) is 1. The van der Waals surface area contributed by atoms with Crippen molar-refractivity contribution in [3.05, 3.63) is 63.3 Å². The number of fused-ring (bicyclic) bond motifs is 1. The van der Waals surface area contributed by atoms with Gasteiger partial charge in [-0.2, -0.15) is 0 Å². The Hall–Kier alpha value is -3.02. The SMILES string of the molecule is COc1ccc2c(CC(=O)NCc3c(C)cc(C)[nH]c3=O)coc2c1.